The van der Waals surface area contributed by atoms with Crippen LogP contribution in [0.2, 0.25) is 0 Å². The van der Waals surface area contributed by atoms with Crippen molar-refractivity contribution in [1.82, 2.24) is 15.2 Å². The summed E-state index contributed by atoms with van der Waals surface area (Å²) in [6.07, 6.45) is 4.17. The van der Waals surface area contributed by atoms with Gasteiger partial charge in [-0.25, -0.2) is 0 Å². The highest BCUT2D eigenvalue weighted by molar-refractivity contribution is 5.93. The monoisotopic (exact) mass is 366 g/mol. The zero-order valence-electron chi connectivity index (χ0n) is 16.4. The summed E-state index contributed by atoms with van der Waals surface area (Å²) >= 11 is 0. The molecule has 0 bridgehead atoms. The molecule has 1 saturated heterocycles. The Morgan fingerprint density at radius 2 is 1.85 bits per heavy atom. The predicted molar refractivity (Wildman–Crippen MR) is 110 cm³/mol. The number of amides is 1. The third-order valence-electron chi connectivity index (χ3n) is 5.34. The SMILES string of the molecule is CCN(CC)C(CNC(=O)c1cc(N2CCCC2)ccn1)c1ccccc1. The number of anilines is 1. The standard InChI is InChI=1S/C22H30N4O/c1-3-25(4-2)21(18-10-6-5-7-11-18)17-24-22(27)20-16-19(12-13-23-20)26-14-8-9-15-26/h5-7,10-13,16,21H,3-4,8-9,14-15,17H2,1-2H3,(H,24,27). The zero-order chi connectivity index (χ0) is 19.1. The molecule has 0 aliphatic carbocycles. The van der Waals surface area contributed by atoms with Crippen LogP contribution in [0.5, 0.6) is 0 Å². The van der Waals surface area contributed by atoms with E-state index < -0.39 is 0 Å². The van der Waals surface area contributed by atoms with Gasteiger partial charge in [-0.15, -0.1) is 0 Å². The van der Waals surface area contributed by atoms with Crippen molar-refractivity contribution < 1.29 is 4.79 Å². The van der Waals surface area contributed by atoms with Crippen LogP contribution in [-0.2, 0) is 0 Å². The molecule has 1 aliphatic rings. The van der Waals surface area contributed by atoms with E-state index in [4.69, 9.17) is 0 Å². The van der Waals surface area contributed by atoms with Crippen molar-refractivity contribution in [2.45, 2.75) is 32.7 Å². The predicted octanol–water partition coefficient (Wildman–Crippen LogP) is 3.49. The topological polar surface area (TPSA) is 48.5 Å². The molecule has 2 heterocycles. The highest BCUT2D eigenvalue weighted by Gasteiger charge is 2.20. The Morgan fingerprint density at radius 1 is 1.15 bits per heavy atom. The number of carbonyl (C=O) groups excluding carboxylic acids is 1. The van der Waals surface area contributed by atoms with Gasteiger partial charge < -0.3 is 10.2 Å². The Hall–Kier alpha value is -2.40. The highest BCUT2D eigenvalue weighted by Crippen LogP contribution is 2.21. The second kappa shape index (κ2) is 9.51. The summed E-state index contributed by atoms with van der Waals surface area (Å²) in [5.41, 5.74) is 2.81. The fraction of sp³-hybridized carbons (Fsp3) is 0.455. The van der Waals surface area contributed by atoms with E-state index >= 15 is 0 Å². The maximum atomic E-state index is 12.7. The number of hydrogen-bond donors (Lipinski definition) is 1. The molecule has 0 spiro atoms. The lowest BCUT2D eigenvalue weighted by Gasteiger charge is -2.30. The molecule has 5 nitrogen and oxygen atoms in total. The van der Waals surface area contributed by atoms with Gasteiger partial charge in [-0.1, -0.05) is 44.2 Å². The first-order valence-corrected chi connectivity index (χ1v) is 10.0. The van der Waals surface area contributed by atoms with Gasteiger partial charge in [0.15, 0.2) is 0 Å². The minimum absolute atomic E-state index is 0.107. The largest absolute Gasteiger partial charge is 0.371 e. The minimum Gasteiger partial charge on any atom is -0.371 e. The van der Waals surface area contributed by atoms with E-state index in [1.165, 1.54) is 18.4 Å². The lowest BCUT2D eigenvalue weighted by atomic mass is 10.0. The van der Waals surface area contributed by atoms with E-state index in [-0.39, 0.29) is 11.9 Å². The second-order valence-corrected chi connectivity index (χ2v) is 6.95. The van der Waals surface area contributed by atoms with Gasteiger partial charge in [-0.2, -0.15) is 0 Å². The van der Waals surface area contributed by atoms with Crippen LogP contribution in [0.3, 0.4) is 0 Å². The van der Waals surface area contributed by atoms with Gasteiger partial charge in [-0.3, -0.25) is 14.7 Å². The maximum absolute atomic E-state index is 12.7. The van der Waals surface area contributed by atoms with Gasteiger partial charge in [0.1, 0.15) is 5.69 Å². The van der Waals surface area contributed by atoms with E-state index in [0.717, 1.165) is 31.9 Å². The van der Waals surface area contributed by atoms with E-state index in [0.29, 0.717) is 12.2 Å². The summed E-state index contributed by atoms with van der Waals surface area (Å²) in [6, 6.07) is 14.4. The third kappa shape index (κ3) is 4.86. The van der Waals surface area contributed by atoms with Gasteiger partial charge >= 0.3 is 0 Å². The van der Waals surface area contributed by atoms with Crippen LogP contribution in [0.25, 0.3) is 0 Å². The molecule has 1 atom stereocenters. The van der Waals surface area contributed by atoms with Gasteiger partial charge in [0.25, 0.3) is 5.91 Å². The van der Waals surface area contributed by atoms with Gasteiger partial charge in [-0.05, 0) is 43.6 Å². The molecular formula is C22H30N4O. The van der Waals surface area contributed by atoms with Crippen molar-refractivity contribution in [2.24, 2.45) is 0 Å². The lowest BCUT2D eigenvalue weighted by Crippen LogP contribution is -2.38. The van der Waals surface area contributed by atoms with Crippen LogP contribution in [0.1, 0.15) is 48.8 Å². The van der Waals surface area contributed by atoms with Crippen molar-refractivity contribution in [3.8, 4) is 0 Å². The quantitative estimate of drug-likeness (QED) is 0.777. The number of hydrogen-bond acceptors (Lipinski definition) is 4. The van der Waals surface area contributed by atoms with Gasteiger partial charge in [0, 0.05) is 31.5 Å². The normalized spacial score (nSPS) is 15.1. The number of benzene rings is 1. The van der Waals surface area contributed by atoms with Gasteiger partial charge in [0.05, 0.1) is 6.04 Å². The molecule has 0 radical (unpaired) electrons. The van der Waals surface area contributed by atoms with Crippen LogP contribution >= 0.6 is 0 Å². The third-order valence-corrected chi connectivity index (χ3v) is 5.34. The van der Waals surface area contributed by atoms with Crippen molar-refractivity contribution in [3.63, 3.8) is 0 Å². The molecule has 1 N–H and O–H groups in total. The summed E-state index contributed by atoms with van der Waals surface area (Å²) in [5, 5.41) is 3.10. The van der Waals surface area contributed by atoms with Crippen LogP contribution in [0.15, 0.2) is 48.7 Å². The molecule has 1 aromatic carbocycles. The van der Waals surface area contributed by atoms with Crippen molar-refractivity contribution in [1.29, 1.82) is 0 Å². The molecule has 3 rings (SSSR count). The lowest BCUT2D eigenvalue weighted by molar-refractivity contribution is 0.0930. The van der Waals surface area contributed by atoms with E-state index in [2.05, 4.69) is 58.2 Å². The molecular weight excluding hydrogens is 336 g/mol. The molecule has 1 amide bonds. The van der Waals surface area contributed by atoms with E-state index in [1.807, 2.05) is 18.2 Å². The number of pyridine rings is 1. The van der Waals surface area contributed by atoms with E-state index in [9.17, 15) is 4.79 Å². The van der Waals surface area contributed by atoms with E-state index in [1.54, 1.807) is 6.20 Å². The maximum Gasteiger partial charge on any atom is 0.270 e. The van der Waals surface area contributed by atoms with Gasteiger partial charge in [0.2, 0.25) is 0 Å². The molecule has 5 heteroatoms. The summed E-state index contributed by atoms with van der Waals surface area (Å²) in [6.45, 7) is 8.88. The zero-order valence-corrected chi connectivity index (χ0v) is 16.4. The summed E-state index contributed by atoms with van der Waals surface area (Å²) in [7, 11) is 0. The number of nitrogens with zero attached hydrogens (tertiary/aromatic N) is 3. The van der Waals surface area contributed by atoms with Crippen LogP contribution in [-0.4, -0.2) is 48.5 Å². The number of carbonyl (C=O) groups is 1. The van der Waals surface area contributed by atoms with Crippen LogP contribution in [0, 0.1) is 0 Å². The Balaban J connectivity index is 1.69. The second-order valence-electron chi connectivity index (χ2n) is 6.95. The minimum atomic E-state index is -0.107. The van der Waals surface area contributed by atoms with Crippen molar-refractivity contribution >= 4 is 11.6 Å². The van der Waals surface area contributed by atoms with Crippen molar-refractivity contribution in [3.05, 3.63) is 59.9 Å². The molecule has 0 saturated carbocycles. The molecule has 27 heavy (non-hydrogen) atoms. The average molecular weight is 367 g/mol. The molecule has 1 fully saturated rings. The first-order valence-electron chi connectivity index (χ1n) is 10.0. The molecule has 1 aliphatic heterocycles. The Labute approximate surface area is 162 Å². The number of likely N-dealkylation sites (N-methyl/N-ethyl adjacent to an activating group) is 1. The smallest absolute Gasteiger partial charge is 0.270 e. The van der Waals surface area contributed by atoms with Crippen LogP contribution in [0.4, 0.5) is 5.69 Å². The Bertz CT molecular complexity index is 724. The molecule has 1 unspecified atom stereocenters. The summed E-state index contributed by atoms with van der Waals surface area (Å²) in [5.74, 6) is -0.107. The number of nitrogens with one attached hydrogen (secondary N) is 1. The first-order chi connectivity index (χ1) is 13.2. The number of aromatic nitrogens is 1. The Kier molecular flexibility index (Phi) is 6.82. The molecule has 144 valence electrons. The highest BCUT2D eigenvalue weighted by atomic mass is 16.1. The summed E-state index contributed by atoms with van der Waals surface area (Å²) in [4.78, 5) is 21.7. The van der Waals surface area contributed by atoms with Crippen molar-refractivity contribution in [2.75, 3.05) is 37.6 Å². The van der Waals surface area contributed by atoms with Crippen LogP contribution < -0.4 is 10.2 Å². The average Bonchev–Trinajstić information content (AvgIpc) is 3.26. The fourth-order valence-electron chi connectivity index (χ4n) is 3.79. The summed E-state index contributed by atoms with van der Waals surface area (Å²) < 4.78 is 0. The first kappa shape index (κ1) is 19.4. The Morgan fingerprint density at radius 3 is 2.52 bits per heavy atom. The molecule has 1 aromatic heterocycles. The fourth-order valence-corrected chi connectivity index (χ4v) is 3.79. The molecule has 2 aromatic rings. The number of rotatable bonds is 8.